The standard InChI is InChI=1S/C22H23N5O3S/c1-3-4-12-23-19(28)14-31-22-25-24-21-26(15-8-7-9-16(13-15)30-2)20(29)17-10-5-6-11-18(17)27(21)22/h5-11,13H,3-4,12,14H2,1-2H3,(H,23,28). The van der Waals surface area contributed by atoms with E-state index in [0.717, 1.165) is 12.8 Å². The lowest BCUT2D eigenvalue weighted by Crippen LogP contribution is -2.26. The van der Waals surface area contributed by atoms with Gasteiger partial charge in [-0.3, -0.25) is 14.0 Å². The zero-order chi connectivity index (χ0) is 21.8. The molecule has 1 N–H and O–H groups in total. The lowest BCUT2D eigenvalue weighted by molar-refractivity contribution is -0.118. The molecule has 0 spiro atoms. The van der Waals surface area contributed by atoms with Crippen LogP contribution in [0.4, 0.5) is 0 Å². The minimum absolute atomic E-state index is 0.0550. The van der Waals surface area contributed by atoms with Gasteiger partial charge in [-0.15, -0.1) is 10.2 Å². The molecule has 0 atom stereocenters. The van der Waals surface area contributed by atoms with Crippen LogP contribution < -0.4 is 15.6 Å². The Kier molecular flexibility index (Phi) is 6.22. The number of para-hydroxylation sites is 1. The van der Waals surface area contributed by atoms with Gasteiger partial charge < -0.3 is 10.1 Å². The van der Waals surface area contributed by atoms with E-state index in [4.69, 9.17) is 4.74 Å². The highest BCUT2D eigenvalue weighted by atomic mass is 32.2. The minimum Gasteiger partial charge on any atom is -0.497 e. The summed E-state index contributed by atoms with van der Waals surface area (Å²) in [6.45, 7) is 2.74. The molecule has 4 aromatic rings. The molecule has 160 valence electrons. The fourth-order valence-electron chi connectivity index (χ4n) is 3.34. The van der Waals surface area contributed by atoms with Crippen LogP contribution in [0.5, 0.6) is 5.75 Å². The molecule has 8 nitrogen and oxygen atoms in total. The van der Waals surface area contributed by atoms with Gasteiger partial charge in [-0.25, -0.2) is 4.57 Å². The quantitative estimate of drug-likeness (QED) is 0.337. The van der Waals surface area contributed by atoms with Gasteiger partial charge in [0, 0.05) is 12.6 Å². The molecule has 0 radical (unpaired) electrons. The van der Waals surface area contributed by atoms with E-state index in [0.29, 0.717) is 39.8 Å². The molecule has 0 fully saturated rings. The predicted octanol–water partition coefficient (Wildman–Crippen LogP) is 3.05. The van der Waals surface area contributed by atoms with Gasteiger partial charge in [-0.05, 0) is 30.7 Å². The zero-order valence-electron chi connectivity index (χ0n) is 17.4. The molecule has 2 aromatic heterocycles. The Hall–Kier alpha value is -3.33. The lowest BCUT2D eigenvalue weighted by Gasteiger charge is -2.12. The number of unbranched alkanes of at least 4 members (excludes halogenated alkanes) is 1. The zero-order valence-corrected chi connectivity index (χ0v) is 18.2. The highest BCUT2D eigenvalue weighted by molar-refractivity contribution is 7.99. The van der Waals surface area contributed by atoms with Crippen LogP contribution in [0, 0.1) is 0 Å². The molecule has 2 aromatic carbocycles. The van der Waals surface area contributed by atoms with Gasteiger partial charge in [0.25, 0.3) is 5.56 Å². The predicted molar refractivity (Wildman–Crippen MR) is 121 cm³/mol. The second kappa shape index (κ2) is 9.22. The van der Waals surface area contributed by atoms with E-state index in [1.165, 1.54) is 16.3 Å². The van der Waals surface area contributed by atoms with Crippen molar-refractivity contribution in [2.24, 2.45) is 0 Å². The van der Waals surface area contributed by atoms with Gasteiger partial charge in [0.2, 0.25) is 11.7 Å². The summed E-state index contributed by atoms with van der Waals surface area (Å²) in [6, 6.07) is 14.6. The van der Waals surface area contributed by atoms with Crippen molar-refractivity contribution in [1.29, 1.82) is 0 Å². The number of fused-ring (bicyclic) bond motifs is 3. The molecule has 0 saturated carbocycles. The monoisotopic (exact) mass is 437 g/mol. The maximum absolute atomic E-state index is 13.3. The summed E-state index contributed by atoms with van der Waals surface area (Å²) in [4.78, 5) is 25.5. The third-order valence-electron chi connectivity index (χ3n) is 4.89. The fraction of sp³-hybridized carbons (Fsp3) is 0.273. The van der Waals surface area contributed by atoms with Crippen molar-refractivity contribution >= 4 is 34.3 Å². The van der Waals surface area contributed by atoms with Crippen LogP contribution in [0.3, 0.4) is 0 Å². The van der Waals surface area contributed by atoms with E-state index < -0.39 is 0 Å². The second-order valence-electron chi connectivity index (χ2n) is 6.97. The van der Waals surface area contributed by atoms with Crippen molar-refractivity contribution in [3.05, 3.63) is 58.9 Å². The molecule has 0 saturated heterocycles. The number of carbonyl (C=O) groups is 1. The molecule has 0 unspecified atom stereocenters. The van der Waals surface area contributed by atoms with Crippen LogP contribution in [0.2, 0.25) is 0 Å². The number of benzene rings is 2. The largest absolute Gasteiger partial charge is 0.497 e. The van der Waals surface area contributed by atoms with Crippen LogP contribution in [0.25, 0.3) is 22.4 Å². The van der Waals surface area contributed by atoms with E-state index in [9.17, 15) is 9.59 Å². The first-order valence-corrected chi connectivity index (χ1v) is 11.1. The third kappa shape index (κ3) is 4.13. The number of rotatable bonds is 8. The van der Waals surface area contributed by atoms with Crippen molar-refractivity contribution in [1.82, 2.24) is 24.5 Å². The van der Waals surface area contributed by atoms with E-state index in [-0.39, 0.29) is 17.2 Å². The number of ether oxygens (including phenoxy) is 1. The average Bonchev–Trinajstić information content (AvgIpc) is 3.22. The van der Waals surface area contributed by atoms with Gasteiger partial charge in [0.1, 0.15) is 5.75 Å². The molecule has 0 aliphatic carbocycles. The number of nitrogens with one attached hydrogen (secondary N) is 1. The molecular formula is C22H23N5O3S. The summed E-state index contributed by atoms with van der Waals surface area (Å²) in [5.74, 6) is 1.18. The van der Waals surface area contributed by atoms with Crippen LogP contribution in [-0.4, -0.2) is 44.5 Å². The number of nitrogens with zero attached hydrogens (tertiary/aromatic N) is 4. The fourth-order valence-corrected chi connectivity index (χ4v) is 4.11. The molecule has 0 aliphatic heterocycles. The summed E-state index contributed by atoms with van der Waals surface area (Å²) in [7, 11) is 1.58. The van der Waals surface area contributed by atoms with Gasteiger partial charge in [0.05, 0.1) is 29.5 Å². The van der Waals surface area contributed by atoms with E-state index in [2.05, 4.69) is 22.4 Å². The normalized spacial score (nSPS) is 11.2. The van der Waals surface area contributed by atoms with Crippen molar-refractivity contribution in [3.8, 4) is 11.4 Å². The summed E-state index contributed by atoms with van der Waals surface area (Å²) in [6.07, 6.45) is 1.97. The number of methoxy groups -OCH3 is 1. The molecule has 31 heavy (non-hydrogen) atoms. The highest BCUT2D eigenvalue weighted by Crippen LogP contribution is 2.24. The maximum Gasteiger partial charge on any atom is 0.267 e. The third-order valence-corrected chi connectivity index (χ3v) is 5.82. The first kappa shape index (κ1) is 20.9. The SMILES string of the molecule is CCCCNC(=O)CSc1nnc2n(-c3cccc(OC)c3)c(=O)c3ccccc3n12. The number of carbonyl (C=O) groups excluding carboxylic acids is 1. The summed E-state index contributed by atoms with van der Waals surface area (Å²) < 4.78 is 8.66. The maximum atomic E-state index is 13.3. The van der Waals surface area contributed by atoms with E-state index >= 15 is 0 Å². The Morgan fingerprint density at radius 2 is 2.00 bits per heavy atom. The second-order valence-corrected chi connectivity index (χ2v) is 7.91. The molecule has 2 heterocycles. The van der Waals surface area contributed by atoms with E-state index in [1.807, 2.05) is 40.8 Å². The molecule has 4 rings (SSSR count). The molecule has 1 amide bonds. The molecule has 9 heteroatoms. The Morgan fingerprint density at radius 3 is 2.81 bits per heavy atom. The van der Waals surface area contributed by atoms with Gasteiger partial charge in [-0.2, -0.15) is 0 Å². The van der Waals surface area contributed by atoms with Crippen LogP contribution in [-0.2, 0) is 4.79 Å². The van der Waals surface area contributed by atoms with Gasteiger partial charge in [0.15, 0.2) is 5.16 Å². The van der Waals surface area contributed by atoms with Crippen molar-refractivity contribution < 1.29 is 9.53 Å². The minimum atomic E-state index is -0.197. The topological polar surface area (TPSA) is 90.5 Å². The number of thioether (sulfide) groups is 1. The van der Waals surface area contributed by atoms with E-state index in [1.54, 1.807) is 19.2 Å². The summed E-state index contributed by atoms with van der Waals surface area (Å²) in [5, 5.41) is 12.6. The van der Waals surface area contributed by atoms with Gasteiger partial charge >= 0.3 is 0 Å². The lowest BCUT2D eigenvalue weighted by atomic mass is 10.2. The summed E-state index contributed by atoms with van der Waals surface area (Å²) in [5.41, 5.74) is 1.12. The van der Waals surface area contributed by atoms with Crippen LogP contribution >= 0.6 is 11.8 Å². The number of hydrogen-bond acceptors (Lipinski definition) is 6. The number of aromatic nitrogens is 4. The van der Waals surface area contributed by atoms with Gasteiger partial charge in [-0.1, -0.05) is 43.3 Å². The first-order valence-electron chi connectivity index (χ1n) is 10.1. The molecule has 0 aliphatic rings. The molecule has 0 bridgehead atoms. The Balaban J connectivity index is 1.81. The first-order chi connectivity index (χ1) is 15.1. The Labute approximate surface area is 183 Å². The average molecular weight is 438 g/mol. The smallest absolute Gasteiger partial charge is 0.267 e. The number of hydrogen-bond donors (Lipinski definition) is 1. The summed E-state index contributed by atoms with van der Waals surface area (Å²) >= 11 is 1.29. The van der Waals surface area contributed by atoms with Crippen LogP contribution in [0.15, 0.2) is 58.5 Å². The molecular weight excluding hydrogens is 414 g/mol. The Morgan fingerprint density at radius 1 is 1.16 bits per heavy atom. The van der Waals surface area contributed by atoms with Crippen molar-refractivity contribution in [2.75, 3.05) is 19.4 Å². The Bertz CT molecular complexity index is 1300. The van der Waals surface area contributed by atoms with Crippen molar-refractivity contribution in [2.45, 2.75) is 24.9 Å². The highest BCUT2D eigenvalue weighted by Gasteiger charge is 2.18. The van der Waals surface area contributed by atoms with Crippen LogP contribution in [0.1, 0.15) is 19.8 Å². The van der Waals surface area contributed by atoms with Crippen molar-refractivity contribution in [3.63, 3.8) is 0 Å². The number of amides is 1.